The van der Waals surface area contributed by atoms with Crippen LogP contribution < -0.4 is 10.5 Å². The molecule has 2 aromatic carbocycles. The molecule has 21 heavy (non-hydrogen) atoms. The van der Waals surface area contributed by atoms with Gasteiger partial charge in [-0.2, -0.15) is 0 Å². The maximum Gasteiger partial charge on any atom is 0.264 e. The van der Waals surface area contributed by atoms with Crippen LogP contribution in [0.4, 0.5) is 15.8 Å². The van der Waals surface area contributed by atoms with E-state index in [2.05, 4.69) is 20.7 Å². The second-order valence-electron chi connectivity index (χ2n) is 4.44. The molecule has 0 atom stereocenters. The van der Waals surface area contributed by atoms with Crippen LogP contribution in [0.3, 0.4) is 0 Å². The first-order chi connectivity index (χ1) is 9.83. The summed E-state index contributed by atoms with van der Waals surface area (Å²) in [6.07, 6.45) is 0.649. The van der Waals surface area contributed by atoms with Gasteiger partial charge in [0.05, 0.1) is 11.4 Å². The van der Waals surface area contributed by atoms with Crippen LogP contribution in [0, 0.1) is 5.82 Å². The Bertz CT molecular complexity index is 779. The number of nitrogens with one attached hydrogen (secondary N) is 1. The zero-order valence-corrected chi connectivity index (χ0v) is 13.6. The highest BCUT2D eigenvalue weighted by molar-refractivity contribution is 9.10. The molecule has 0 bridgehead atoms. The average molecular weight is 373 g/mol. The van der Waals surface area contributed by atoms with Crippen molar-refractivity contribution in [2.75, 3.05) is 10.5 Å². The summed E-state index contributed by atoms with van der Waals surface area (Å²) >= 11 is 3.34. The summed E-state index contributed by atoms with van der Waals surface area (Å²) in [7, 11) is -3.94. The molecule has 0 aromatic heterocycles. The number of nitrogen functional groups attached to an aromatic ring is 1. The van der Waals surface area contributed by atoms with Crippen molar-refractivity contribution < 1.29 is 12.8 Å². The quantitative estimate of drug-likeness (QED) is 0.806. The predicted molar refractivity (Wildman–Crippen MR) is 85.1 cm³/mol. The van der Waals surface area contributed by atoms with E-state index in [1.54, 1.807) is 12.1 Å². The first kappa shape index (κ1) is 15.8. The summed E-state index contributed by atoms with van der Waals surface area (Å²) in [6, 6.07) is 8.45. The van der Waals surface area contributed by atoms with Gasteiger partial charge < -0.3 is 5.73 Å². The molecule has 2 rings (SSSR count). The van der Waals surface area contributed by atoms with E-state index in [4.69, 9.17) is 5.73 Å². The molecule has 0 aliphatic heterocycles. The van der Waals surface area contributed by atoms with Gasteiger partial charge in [0.25, 0.3) is 10.0 Å². The highest BCUT2D eigenvalue weighted by Crippen LogP contribution is 2.26. The molecule has 0 saturated carbocycles. The van der Waals surface area contributed by atoms with E-state index in [1.165, 1.54) is 6.07 Å². The first-order valence-electron chi connectivity index (χ1n) is 6.19. The largest absolute Gasteiger partial charge is 0.398 e. The Morgan fingerprint density at radius 1 is 1.24 bits per heavy atom. The van der Waals surface area contributed by atoms with Crippen LogP contribution >= 0.6 is 15.9 Å². The number of hydrogen-bond donors (Lipinski definition) is 2. The van der Waals surface area contributed by atoms with Crippen molar-refractivity contribution in [3.63, 3.8) is 0 Å². The van der Waals surface area contributed by atoms with Crippen LogP contribution in [-0.4, -0.2) is 8.42 Å². The van der Waals surface area contributed by atoms with Crippen molar-refractivity contribution in [2.45, 2.75) is 18.2 Å². The van der Waals surface area contributed by atoms with Crippen LogP contribution in [0.25, 0.3) is 0 Å². The molecule has 0 spiro atoms. The maximum absolute atomic E-state index is 13.3. The number of aryl methyl sites for hydroxylation is 1. The molecule has 0 aliphatic rings. The summed E-state index contributed by atoms with van der Waals surface area (Å²) in [5, 5.41) is 0. The van der Waals surface area contributed by atoms with E-state index in [0.717, 1.165) is 22.2 Å². The summed E-state index contributed by atoms with van der Waals surface area (Å²) in [4.78, 5) is -0.271. The monoisotopic (exact) mass is 372 g/mol. The minimum Gasteiger partial charge on any atom is -0.398 e. The van der Waals surface area contributed by atoms with Gasteiger partial charge in [-0.3, -0.25) is 4.72 Å². The van der Waals surface area contributed by atoms with Crippen molar-refractivity contribution >= 4 is 37.3 Å². The lowest BCUT2D eigenvalue weighted by Crippen LogP contribution is -2.16. The SMILES string of the molecule is CCc1cc(Br)ccc1NS(=O)(=O)c1cc(F)ccc1N. The number of rotatable bonds is 4. The third-order valence-electron chi connectivity index (χ3n) is 2.96. The Kier molecular flexibility index (Phi) is 4.53. The number of anilines is 2. The van der Waals surface area contributed by atoms with Gasteiger partial charge in [-0.05, 0) is 48.4 Å². The van der Waals surface area contributed by atoms with E-state index in [1.807, 2.05) is 13.0 Å². The second kappa shape index (κ2) is 6.03. The van der Waals surface area contributed by atoms with Crippen molar-refractivity contribution in [3.8, 4) is 0 Å². The Labute approximate surface area is 131 Å². The summed E-state index contributed by atoms with van der Waals surface area (Å²) in [6.45, 7) is 1.91. The van der Waals surface area contributed by atoms with Gasteiger partial charge in [-0.1, -0.05) is 22.9 Å². The molecule has 3 N–H and O–H groups in total. The predicted octanol–water partition coefficient (Wildman–Crippen LogP) is 3.53. The van der Waals surface area contributed by atoms with Crippen molar-refractivity contribution in [1.82, 2.24) is 0 Å². The maximum atomic E-state index is 13.3. The molecule has 4 nitrogen and oxygen atoms in total. The molecule has 0 radical (unpaired) electrons. The first-order valence-corrected chi connectivity index (χ1v) is 8.47. The molecule has 0 saturated heterocycles. The molecular formula is C14H14BrFN2O2S. The van der Waals surface area contributed by atoms with Gasteiger partial charge in [0.1, 0.15) is 10.7 Å². The molecule has 0 unspecified atom stereocenters. The second-order valence-corrected chi connectivity index (χ2v) is 7.01. The lowest BCUT2D eigenvalue weighted by Gasteiger charge is -2.13. The van der Waals surface area contributed by atoms with Gasteiger partial charge >= 0.3 is 0 Å². The summed E-state index contributed by atoms with van der Waals surface area (Å²) < 4.78 is 41.3. The van der Waals surface area contributed by atoms with Gasteiger partial charge in [-0.15, -0.1) is 0 Å². The fourth-order valence-corrected chi connectivity index (χ4v) is 3.55. The molecule has 7 heteroatoms. The third-order valence-corrected chi connectivity index (χ3v) is 4.87. The Morgan fingerprint density at radius 3 is 2.62 bits per heavy atom. The summed E-state index contributed by atoms with van der Waals surface area (Å²) in [5.41, 5.74) is 6.90. The van der Waals surface area contributed by atoms with E-state index >= 15 is 0 Å². The Balaban J connectivity index is 2.45. The van der Waals surface area contributed by atoms with Gasteiger partial charge in [-0.25, -0.2) is 12.8 Å². The van der Waals surface area contributed by atoms with Crippen LogP contribution in [0.2, 0.25) is 0 Å². The fourth-order valence-electron chi connectivity index (χ4n) is 1.90. The van der Waals surface area contributed by atoms with Crippen LogP contribution in [-0.2, 0) is 16.4 Å². The smallest absolute Gasteiger partial charge is 0.264 e. The number of hydrogen-bond acceptors (Lipinski definition) is 3. The Morgan fingerprint density at radius 2 is 1.95 bits per heavy atom. The van der Waals surface area contributed by atoms with Crippen LogP contribution in [0.5, 0.6) is 0 Å². The summed E-state index contributed by atoms with van der Waals surface area (Å²) in [5.74, 6) is -0.656. The van der Waals surface area contributed by atoms with Gasteiger partial charge in [0.2, 0.25) is 0 Å². The molecule has 0 aliphatic carbocycles. The zero-order chi connectivity index (χ0) is 15.6. The molecule has 0 heterocycles. The van der Waals surface area contributed by atoms with Crippen molar-refractivity contribution in [2.24, 2.45) is 0 Å². The minimum atomic E-state index is -3.94. The van der Waals surface area contributed by atoms with Crippen molar-refractivity contribution in [3.05, 3.63) is 52.3 Å². The topological polar surface area (TPSA) is 72.2 Å². The van der Waals surface area contributed by atoms with E-state index in [0.29, 0.717) is 12.1 Å². The van der Waals surface area contributed by atoms with Crippen molar-refractivity contribution in [1.29, 1.82) is 0 Å². The highest BCUT2D eigenvalue weighted by atomic mass is 79.9. The van der Waals surface area contributed by atoms with Gasteiger partial charge in [0, 0.05) is 4.47 Å². The van der Waals surface area contributed by atoms with E-state index in [9.17, 15) is 12.8 Å². The van der Waals surface area contributed by atoms with E-state index < -0.39 is 15.8 Å². The number of nitrogens with two attached hydrogens (primary N) is 1. The Hall–Kier alpha value is -1.60. The standard InChI is InChI=1S/C14H14BrFN2O2S/c1-2-9-7-10(15)3-6-13(9)18-21(19,20)14-8-11(16)4-5-12(14)17/h3-8,18H,2,17H2,1H3. The number of benzene rings is 2. The molecule has 0 fully saturated rings. The normalized spacial score (nSPS) is 11.4. The molecule has 112 valence electrons. The fraction of sp³-hybridized carbons (Fsp3) is 0.143. The highest BCUT2D eigenvalue weighted by Gasteiger charge is 2.19. The average Bonchev–Trinajstić information content (AvgIpc) is 2.43. The lowest BCUT2D eigenvalue weighted by atomic mass is 10.1. The molecule has 0 amide bonds. The number of halogens is 2. The zero-order valence-electron chi connectivity index (χ0n) is 11.2. The lowest BCUT2D eigenvalue weighted by molar-refractivity contribution is 0.596. The van der Waals surface area contributed by atoms with Crippen LogP contribution in [0.1, 0.15) is 12.5 Å². The number of sulfonamides is 1. The van der Waals surface area contributed by atoms with E-state index in [-0.39, 0.29) is 10.6 Å². The van der Waals surface area contributed by atoms with Crippen LogP contribution in [0.15, 0.2) is 45.8 Å². The van der Waals surface area contributed by atoms with Gasteiger partial charge in [0.15, 0.2) is 0 Å². The minimum absolute atomic E-state index is 0.000870. The molecule has 2 aromatic rings. The molecular weight excluding hydrogens is 359 g/mol. The third kappa shape index (κ3) is 3.54.